The number of aliphatic carboxylic acids is 1. The highest BCUT2D eigenvalue weighted by Crippen LogP contribution is 2.30. The summed E-state index contributed by atoms with van der Waals surface area (Å²) in [5.74, 6) is 0.176. The highest BCUT2D eigenvalue weighted by atomic mass is 16.4. The van der Waals surface area contributed by atoms with E-state index < -0.39 is 5.97 Å². The Morgan fingerprint density at radius 2 is 2.15 bits per heavy atom. The molecule has 1 fully saturated rings. The number of furan rings is 1. The number of rotatable bonds is 7. The van der Waals surface area contributed by atoms with Crippen LogP contribution < -0.4 is 0 Å². The first-order chi connectivity index (χ1) is 9.60. The van der Waals surface area contributed by atoms with E-state index in [1.54, 1.807) is 23.3 Å². The molecule has 0 spiro atoms. The minimum atomic E-state index is -0.979. The molecule has 0 aliphatic heterocycles. The van der Waals surface area contributed by atoms with E-state index in [1.165, 1.54) is 4.90 Å². The quantitative estimate of drug-likeness (QED) is 0.829. The van der Waals surface area contributed by atoms with Crippen LogP contribution in [0.2, 0.25) is 0 Å². The Morgan fingerprint density at radius 3 is 2.65 bits per heavy atom. The minimum Gasteiger partial charge on any atom is -0.480 e. The lowest BCUT2D eigenvalue weighted by atomic mass is 10.3. The number of urea groups is 1. The molecular formula is C14H20N2O4. The fourth-order valence-corrected chi connectivity index (χ4v) is 2.09. The van der Waals surface area contributed by atoms with Crippen LogP contribution in [0, 0.1) is 5.92 Å². The summed E-state index contributed by atoms with van der Waals surface area (Å²) in [5, 5.41) is 8.95. The molecule has 1 heterocycles. The molecule has 20 heavy (non-hydrogen) atoms. The van der Waals surface area contributed by atoms with Crippen LogP contribution in [0.1, 0.15) is 25.5 Å². The van der Waals surface area contributed by atoms with Gasteiger partial charge in [0.25, 0.3) is 0 Å². The summed E-state index contributed by atoms with van der Waals surface area (Å²) < 4.78 is 5.24. The van der Waals surface area contributed by atoms with Gasteiger partial charge in [-0.1, -0.05) is 0 Å². The predicted octanol–water partition coefficient (Wildman–Crippen LogP) is 2.02. The molecule has 0 bridgehead atoms. The molecular weight excluding hydrogens is 260 g/mol. The summed E-state index contributed by atoms with van der Waals surface area (Å²) in [4.78, 5) is 26.4. The molecule has 2 amide bonds. The first kappa shape index (κ1) is 14.4. The molecule has 0 unspecified atom stereocenters. The third-order valence-electron chi connectivity index (χ3n) is 3.35. The summed E-state index contributed by atoms with van der Waals surface area (Å²) >= 11 is 0. The van der Waals surface area contributed by atoms with Gasteiger partial charge in [-0.05, 0) is 37.8 Å². The van der Waals surface area contributed by atoms with Crippen LogP contribution in [0.4, 0.5) is 4.79 Å². The summed E-state index contributed by atoms with van der Waals surface area (Å²) in [6, 6.07) is 3.34. The summed E-state index contributed by atoms with van der Waals surface area (Å²) in [7, 11) is 0. The maximum absolute atomic E-state index is 12.4. The van der Waals surface area contributed by atoms with Gasteiger partial charge in [0.1, 0.15) is 12.3 Å². The molecule has 1 aromatic rings. The molecule has 1 saturated carbocycles. The summed E-state index contributed by atoms with van der Waals surface area (Å²) in [6.07, 6.45) is 3.72. The zero-order valence-corrected chi connectivity index (χ0v) is 11.6. The molecule has 6 nitrogen and oxygen atoms in total. The van der Waals surface area contributed by atoms with Gasteiger partial charge in [-0.2, -0.15) is 0 Å². The van der Waals surface area contributed by atoms with Gasteiger partial charge in [0.15, 0.2) is 0 Å². The number of carbonyl (C=O) groups is 2. The minimum absolute atomic E-state index is 0.238. The van der Waals surface area contributed by atoms with Crippen molar-refractivity contribution in [2.24, 2.45) is 5.92 Å². The Balaban J connectivity index is 2.00. The van der Waals surface area contributed by atoms with Crippen LogP contribution >= 0.6 is 0 Å². The van der Waals surface area contributed by atoms with E-state index in [4.69, 9.17) is 9.52 Å². The Labute approximate surface area is 118 Å². The average molecular weight is 280 g/mol. The van der Waals surface area contributed by atoms with Crippen molar-refractivity contribution < 1.29 is 19.1 Å². The number of nitrogens with zero attached hydrogens (tertiary/aromatic N) is 2. The maximum atomic E-state index is 12.4. The number of carbonyl (C=O) groups excluding carboxylic acids is 1. The van der Waals surface area contributed by atoms with Gasteiger partial charge in [-0.3, -0.25) is 4.79 Å². The zero-order chi connectivity index (χ0) is 14.5. The van der Waals surface area contributed by atoms with Crippen molar-refractivity contribution >= 4 is 12.0 Å². The van der Waals surface area contributed by atoms with Crippen molar-refractivity contribution in [3.05, 3.63) is 24.2 Å². The van der Waals surface area contributed by atoms with Gasteiger partial charge in [0.2, 0.25) is 0 Å². The molecule has 6 heteroatoms. The van der Waals surface area contributed by atoms with E-state index in [0.29, 0.717) is 31.3 Å². The monoisotopic (exact) mass is 280 g/mol. The third kappa shape index (κ3) is 4.01. The maximum Gasteiger partial charge on any atom is 0.323 e. The van der Waals surface area contributed by atoms with Crippen molar-refractivity contribution in [3.63, 3.8) is 0 Å². The van der Waals surface area contributed by atoms with Gasteiger partial charge in [-0.25, -0.2) is 4.79 Å². The Morgan fingerprint density at radius 1 is 1.40 bits per heavy atom. The van der Waals surface area contributed by atoms with Crippen molar-refractivity contribution in [1.82, 2.24) is 9.80 Å². The van der Waals surface area contributed by atoms with E-state index >= 15 is 0 Å². The van der Waals surface area contributed by atoms with E-state index in [2.05, 4.69) is 0 Å². The second-order valence-corrected chi connectivity index (χ2v) is 5.09. The molecule has 2 rings (SSSR count). The third-order valence-corrected chi connectivity index (χ3v) is 3.35. The predicted molar refractivity (Wildman–Crippen MR) is 72.1 cm³/mol. The molecule has 0 aromatic carbocycles. The summed E-state index contributed by atoms with van der Waals surface area (Å²) in [6.45, 7) is 3.03. The van der Waals surface area contributed by atoms with Crippen molar-refractivity contribution in [2.75, 3.05) is 19.6 Å². The van der Waals surface area contributed by atoms with Gasteiger partial charge in [0.05, 0.1) is 12.8 Å². The van der Waals surface area contributed by atoms with Crippen LogP contribution in [0.3, 0.4) is 0 Å². The van der Waals surface area contributed by atoms with Gasteiger partial charge in [-0.15, -0.1) is 0 Å². The lowest BCUT2D eigenvalue weighted by molar-refractivity contribution is -0.137. The van der Waals surface area contributed by atoms with Gasteiger partial charge in [0, 0.05) is 13.1 Å². The van der Waals surface area contributed by atoms with Crippen molar-refractivity contribution in [2.45, 2.75) is 26.3 Å². The van der Waals surface area contributed by atoms with E-state index in [-0.39, 0.29) is 12.6 Å². The van der Waals surface area contributed by atoms with Crippen LogP contribution in [-0.2, 0) is 11.3 Å². The van der Waals surface area contributed by atoms with Crippen LogP contribution in [-0.4, -0.2) is 46.5 Å². The molecule has 1 N–H and O–H groups in total. The number of carboxylic acids is 1. The average Bonchev–Trinajstić information content (AvgIpc) is 3.07. The first-order valence-corrected chi connectivity index (χ1v) is 6.88. The van der Waals surface area contributed by atoms with Crippen LogP contribution in [0.5, 0.6) is 0 Å². The SMILES string of the molecule is CCN(Cc1ccco1)C(=O)N(CC(=O)O)CC1CC1. The van der Waals surface area contributed by atoms with Gasteiger partial charge < -0.3 is 19.3 Å². The Bertz CT molecular complexity index is 454. The second kappa shape index (κ2) is 6.45. The second-order valence-electron chi connectivity index (χ2n) is 5.09. The Kier molecular flexibility index (Phi) is 4.65. The molecule has 110 valence electrons. The van der Waals surface area contributed by atoms with Crippen molar-refractivity contribution in [1.29, 1.82) is 0 Å². The lowest BCUT2D eigenvalue weighted by Gasteiger charge is -2.28. The smallest absolute Gasteiger partial charge is 0.323 e. The molecule has 1 aliphatic carbocycles. The van der Waals surface area contributed by atoms with E-state index in [1.807, 2.05) is 6.92 Å². The normalized spacial score (nSPS) is 14.1. The molecule has 0 atom stereocenters. The molecule has 0 radical (unpaired) electrons. The van der Waals surface area contributed by atoms with E-state index in [0.717, 1.165) is 12.8 Å². The number of amides is 2. The Hall–Kier alpha value is -1.98. The van der Waals surface area contributed by atoms with Crippen LogP contribution in [0.25, 0.3) is 0 Å². The highest BCUT2D eigenvalue weighted by molar-refractivity contribution is 5.80. The molecule has 1 aliphatic rings. The highest BCUT2D eigenvalue weighted by Gasteiger charge is 2.30. The number of hydrogen-bond acceptors (Lipinski definition) is 3. The summed E-state index contributed by atoms with van der Waals surface area (Å²) in [5.41, 5.74) is 0. The zero-order valence-electron chi connectivity index (χ0n) is 11.6. The largest absolute Gasteiger partial charge is 0.480 e. The molecule has 0 saturated heterocycles. The fourth-order valence-electron chi connectivity index (χ4n) is 2.09. The molecule has 1 aromatic heterocycles. The topological polar surface area (TPSA) is 74.0 Å². The van der Waals surface area contributed by atoms with E-state index in [9.17, 15) is 9.59 Å². The first-order valence-electron chi connectivity index (χ1n) is 6.88. The van der Waals surface area contributed by atoms with Gasteiger partial charge >= 0.3 is 12.0 Å². The number of hydrogen-bond donors (Lipinski definition) is 1. The lowest BCUT2D eigenvalue weighted by Crippen LogP contribution is -2.45. The standard InChI is InChI=1S/C14H20N2O4/c1-2-15(9-12-4-3-7-20-12)14(19)16(10-13(17)18)8-11-5-6-11/h3-4,7,11H,2,5-6,8-10H2,1H3,(H,17,18). The fraction of sp³-hybridized carbons (Fsp3) is 0.571. The van der Waals surface area contributed by atoms with Crippen molar-refractivity contribution in [3.8, 4) is 0 Å². The van der Waals surface area contributed by atoms with Crippen LogP contribution in [0.15, 0.2) is 22.8 Å². The number of carboxylic acid groups (broad SMARTS) is 1.